The summed E-state index contributed by atoms with van der Waals surface area (Å²) in [4.78, 5) is 16.4. The third kappa shape index (κ3) is 3.69. The minimum atomic E-state index is -4.59. The summed E-state index contributed by atoms with van der Waals surface area (Å²) in [6.45, 7) is 1.55. The van der Waals surface area contributed by atoms with Crippen LogP contribution in [0.1, 0.15) is 18.6 Å². The van der Waals surface area contributed by atoms with Crippen LogP contribution in [0.4, 0.5) is 13.2 Å². The molecule has 0 bridgehead atoms. The maximum absolute atomic E-state index is 12.2. The first-order valence-corrected chi connectivity index (χ1v) is 5.14. The quantitative estimate of drug-likeness (QED) is 0.826. The molecule has 0 saturated heterocycles. The Hall–Kier alpha value is -1.64. The Kier molecular flexibility index (Phi) is 4.28. The third-order valence-electron chi connectivity index (χ3n) is 2.37. The van der Waals surface area contributed by atoms with Crippen LogP contribution in [0.3, 0.4) is 0 Å². The molecule has 0 saturated carbocycles. The molecular formula is C9H14F3N5O. The van der Waals surface area contributed by atoms with Gasteiger partial charge in [-0.05, 0) is 21.0 Å². The normalized spacial score (nSPS) is 13.7. The SMILES string of the molecule is C[C@H](C(=O)NCc1nc(C(F)(F)F)n[nH]1)N(C)C. The van der Waals surface area contributed by atoms with Gasteiger partial charge >= 0.3 is 6.18 Å². The average Bonchev–Trinajstić information content (AvgIpc) is 2.72. The van der Waals surface area contributed by atoms with Crippen LogP contribution < -0.4 is 5.32 Å². The third-order valence-corrected chi connectivity index (χ3v) is 2.37. The van der Waals surface area contributed by atoms with Gasteiger partial charge in [0.2, 0.25) is 5.91 Å². The van der Waals surface area contributed by atoms with E-state index < -0.39 is 12.0 Å². The Balaban J connectivity index is 2.55. The summed E-state index contributed by atoms with van der Waals surface area (Å²) >= 11 is 0. The molecule has 1 aromatic heterocycles. The monoisotopic (exact) mass is 265 g/mol. The highest BCUT2D eigenvalue weighted by Crippen LogP contribution is 2.25. The second kappa shape index (κ2) is 5.34. The molecule has 1 heterocycles. The lowest BCUT2D eigenvalue weighted by atomic mass is 10.3. The number of alkyl halides is 3. The lowest BCUT2D eigenvalue weighted by Gasteiger charge is -2.18. The molecule has 2 N–H and O–H groups in total. The first-order chi connectivity index (χ1) is 8.21. The van der Waals surface area contributed by atoms with Gasteiger partial charge in [0.25, 0.3) is 5.82 Å². The molecule has 0 unspecified atom stereocenters. The van der Waals surface area contributed by atoms with Gasteiger partial charge in [0.05, 0.1) is 12.6 Å². The number of likely N-dealkylation sites (N-methyl/N-ethyl adjacent to an activating group) is 1. The Bertz CT molecular complexity index is 415. The summed E-state index contributed by atoms with van der Waals surface area (Å²) in [6, 6.07) is -0.380. The number of hydrogen-bond acceptors (Lipinski definition) is 4. The molecule has 0 radical (unpaired) electrons. The minimum Gasteiger partial charge on any atom is -0.347 e. The summed E-state index contributed by atoms with van der Waals surface area (Å²) < 4.78 is 36.6. The van der Waals surface area contributed by atoms with E-state index in [1.54, 1.807) is 25.9 Å². The van der Waals surface area contributed by atoms with Gasteiger partial charge < -0.3 is 5.32 Å². The van der Waals surface area contributed by atoms with Gasteiger partial charge in [-0.25, -0.2) is 4.98 Å². The standard InChI is InChI=1S/C9H14F3N5O/c1-5(17(2)3)7(18)13-4-6-14-8(16-15-6)9(10,11)12/h5H,4H2,1-3H3,(H,13,18)(H,14,15,16)/t5-/m1/s1. The average molecular weight is 265 g/mol. The Morgan fingerprint density at radius 1 is 1.50 bits per heavy atom. The molecule has 0 spiro atoms. The fourth-order valence-electron chi connectivity index (χ4n) is 1.05. The van der Waals surface area contributed by atoms with Crippen LogP contribution in [0.2, 0.25) is 0 Å². The van der Waals surface area contributed by atoms with E-state index in [1.165, 1.54) is 0 Å². The largest absolute Gasteiger partial charge is 0.453 e. The van der Waals surface area contributed by atoms with E-state index in [0.717, 1.165) is 0 Å². The molecular weight excluding hydrogens is 251 g/mol. The molecule has 6 nitrogen and oxygen atoms in total. The maximum Gasteiger partial charge on any atom is 0.453 e. The van der Waals surface area contributed by atoms with E-state index in [2.05, 4.69) is 20.5 Å². The van der Waals surface area contributed by atoms with Crippen LogP contribution in [0.5, 0.6) is 0 Å². The number of hydrogen-bond donors (Lipinski definition) is 2. The van der Waals surface area contributed by atoms with Gasteiger partial charge in [-0.15, -0.1) is 5.10 Å². The predicted molar refractivity (Wildman–Crippen MR) is 56.4 cm³/mol. The van der Waals surface area contributed by atoms with E-state index in [-0.39, 0.29) is 24.3 Å². The first-order valence-electron chi connectivity index (χ1n) is 5.14. The number of rotatable bonds is 4. The molecule has 1 atom stereocenters. The zero-order valence-electron chi connectivity index (χ0n) is 10.2. The van der Waals surface area contributed by atoms with Crippen molar-refractivity contribution >= 4 is 5.91 Å². The second-order valence-electron chi connectivity index (χ2n) is 3.96. The van der Waals surface area contributed by atoms with Gasteiger partial charge in [0.15, 0.2) is 0 Å². The number of carbonyl (C=O) groups excluding carboxylic acids is 1. The number of aromatic amines is 1. The summed E-state index contributed by atoms with van der Waals surface area (Å²) in [5.74, 6) is -1.58. The van der Waals surface area contributed by atoms with Gasteiger partial charge in [0, 0.05) is 0 Å². The fraction of sp³-hybridized carbons (Fsp3) is 0.667. The van der Waals surface area contributed by atoms with Gasteiger partial charge in [-0.3, -0.25) is 14.8 Å². The number of nitrogens with zero attached hydrogens (tertiary/aromatic N) is 3. The van der Waals surface area contributed by atoms with Crippen LogP contribution in [0.15, 0.2) is 0 Å². The van der Waals surface area contributed by atoms with Crippen molar-refractivity contribution in [1.29, 1.82) is 0 Å². The minimum absolute atomic E-state index is 0.0402. The molecule has 0 aliphatic heterocycles. The van der Waals surface area contributed by atoms with Gasteiger partial charge in [-0.1, -0.05) is 0 Å². The van der Waals surface area contributed by atoms with Crippen LogP contribution in [-0.4, -0.2) is 46.1 Å². The summed E-state index contributed by atoms with van der Waals surface area (Å²) in [5.41, 5.74) is 0. The number of halogens is 3. The number of nitrogens with one attached hydrogen (secondary N) is 2. The van der Waals surface area contributed by atoms with Crippen molar-refractivity contribution in [2.45, 2.75) is 25.7 Å². The molecule has 102 valence electrons. The highest BCUT2D eigenvalue weighted by atomic mass is 19.4. The molecule has 1 amide bonds. The van der Waals surface area contributed by atoms with Crippen LogP contribution in [-0.2, 0) is 17.5 Å². The Labute approximate surface area is 102 Å². The van der Waals surface area contributed by atoms with Gasteiger partial charge in [-0.2, -0.15) is 13.2 Å². The van der Waals surface area contributed by atoms with E-state index in [4.69, 9.17) is 0 Å². The van der Waals surface area contributed by atoms with Crippen molar-refractivity contribution in [1.82, 2.24) is 25.4 Å². The molecule has 18 heavy (non-hydrogen) atoms. The second-order valence-corrected chi connectivity index (χ2v) is 3.96. The summed E-state index contributed by atoms with van der Waals surface area (Å²) in [5, 5.41) is 7.61. The highest BCUT2D eigenvalue weighted by molar-refractivity contribution is 5.81. The van der Waals surface area contributed by atoms with E-state index in [9.17, 15) is 18.0 Å². The van der Waals surface area contributed by atoms with E-state index in [1.807, 2.05) is 0 Å². The zero-order valence-corrected chi connectivity index (χ0v) is 10.2. The fourth-order valence-corrected chi connectivity index (χ4v) is 1.05. The van der Waals surface area contributed by atoms with Crippen molar-refractivity contribution in [2.24, 2.45) is 0 Å². The molecule has 0 aromatic carbocycles. The number of carbonyl (C=O) groups is 1. The topological polar surface area (TPSA) is 73.9 Å². The predicted octanol–water partition coefficient (Wildman–Crippen LogP) is 0.390. The summed E-state index contributed by atoms with van der Waals surface area (Å²) in [6.07, 6.45) is -4.59. The van der Waals surface area contributed by atoms with Crippen molar-refractivity contribution in [2.75, 3.05) is 14.1 Å². The molecule has 0 aliphatic rings. The van der Waals surface area contributed by atoms with Crippen LogP contribution >= 0.6 is 0 Å². The Morgan fingerprint density at radius 3 is 2.56 bits per heavy atom. The van der Waals surface area contributed by atoms with Gasteiger partial charge in [0.1, 0.15) is 5.82 Å². The number of H-pyrrole nitrogens is 1. The molecule has 1 rings (SSSR count). The van der Waals surface area contributed by atoms with E-state index in [0.29, 0.717) is 0 Å². The molecule has 0 aliphatic carbocycles. The van der Waals surface area contributed by atoms with Crippen molar-refractivity contribution in [3.63, 3.8) is 0 Å². The van der Waals surface area contributed by atoms with E-state index >= 15 is 0 Å². The number of amides is 1. The van der Waals surface area contributed by atoms with Crippen LogP contribution in [0, 0.1) is 0 Å². The smallest absolute Gasteiger partial charge is 0.347 e. The number of aromatic nitrogens is 3. The lowest BCUT2D eigenvalue weighted by Crippen LogP contribution is -2.41. The molecule has 9 heteroatoms. The van der Waals surface area contributed by atoms with Crippen molar-refractivity contribution < 1.29 is 18.0 Å². The zero-order chi connectivity index (χ0) is 13.9. The first kappa shape index (κ1) is 14.4. The summed E-state index contributed by atoms with van der Waals surface area (Å²) in [7, 11) is 3.45. The Morgan fingerprint density at radius 2 is 2.11 bits per heavy atom. The maximum atomic E-state index is 12.2. The highest BCUT2D eigenvalue weighted by Gasteiger charge is 2.36. The molecule has 0 fully saturated rings. The van der Waals surface area contributed by atoms with Crippen LogP contribution in [0.25, 0.3) is 0 Å². The molecule has 1 aromatic rings. The lowest BCUT2D eigenvalue weighted by molar-refractivity contribution is -0.144. The van der Waals surface area contributed by atoms with Crippen molar-refractivity contribution in [3.8, 4) is 0 Å². The van der Waals surface area contributed by atoms with Crippen molar-refractivity contribution in [3.05, 3.63) is 11.6 Å².